The smallest absolute Gasteiger partial charge is 0.254 e. The number of amides is 1. The van der Waals surface area contributed by atoms with Gasteiger partial charge >= 0.3 is 0 Å². The number of aryl methyl sites for hydroxylation is 1. The lowest BCUT2D eigenvalue weighted by Gasteiger charge is -2.13. The average Bonchev–Trinajstić information content (AvgIpc) is 3.25. The van der Waals surface area contributed by atoms with Crippen LogP contribution in [-0.2, 0) is 6.54 Å². The molecule has 0 bridgehead atoms. The average molecular weight is 518 g/mol. The summed E-state index contributed by atoms with van der Waals surface area (Å²) in [5.41, 5.74) is 4.51. The topological polar surface area (TPSA) is 107 Å². The maximum atomic E-state index is 12.3. The highest BCUT2D eigenvalue weighted by Gasteiger charge is 2.14. The van der Waals surface area contributed by atoms with Gasteiger partial charge in [-0.15, -0.1) is 0 Å². The summed E-state index contributed by atoms with van der Waals surface area (Å²) in [5.74, 6) is 0.676. The van der Waals surface area contributed by atoms with Crippen LogP contribution >= 0.6 is 15.9 Å². The SMILES string of the molecule is CNC(=O)c1cnn2ccc(/C(=C/C(=N)NCc3cccc(Br)c3)Nc3cccc(C)n3)cc12. The first-order valence-corrected chi connectivity index (χ1v) is 11.4. The van der Waals surface area contributed by atoms with Gasteiger partial charge in [-0.05, 0) is 48.9 Å². The van der Waals surface area contributed by atoms with Crippen molar-refractivity contribution in [3.63, 3.8) is 0 Å². The van der Waals surface area contributed by atoms with E-state index in [4.69, 9.17) is 5.41 Å². The predicted octanol–water partition coefficient (Wildman–Crippen LogP) is 4.38. The highest BCUT2D eigenvalue weighted by atomic mass is 79.9. The number of benzene rings is 1. The molecule has 34 heavy (non-hydrogen) atoms. The molecule has 0 aliphatic carbocycles. The molecule has 4 N–H and O–H groups in total. The zero-order chi connectivity index (χ0) is 24.1. The standard InChI is InChI=1S/C25H24BrN7O/c1-16-5-3-8-24(31-16)32-21(13-23(27)29-14-17-6-4-7-19(26)11-17)18-9-10-33-22(12-18)20(15-30-33)25(34)28-2/h3-13,15H,14H2,1-2H3,(H2,27,29)(H,28,34)(H,31,32)/b21-13-. The van der Waals surface area contributed by atoms with Gasteiger partial charge in [-0.3, -0.25) is 10.2 Å². The Bertz CT molecular complexity index is 1390. The van der Waals surface area contributed by atoms with Crippen molar-refractivity contribution in [2.75, 3.05) is 12.4 Å². The zero-order valence-corrected chi connectivity index (χ0v) is 20.3. The van der Waals surface area contributed by atoms with Gasteiger partial charge in [-0.1, -0.05) is 34.1 Å². The van der Waals surface area contributed by atoms with Gasteiger partial charge < -0.3 is 16.0 Å². The molecule has 0 unspecified atom stereocenters. The van der Waals surface area contributed by atoms with Crippen LogP contribution in [0.25, 0.3) is 11.2 Å². The van der Waals surface area contributed by atoms with Crippen molar-refractivity contribution in [3.8, 4) is 0 Å². The summed E-state index contributed by atoms with van der Waals surface area (Å²) in [4.78, 5) is 16.8. The fraction of sp³-hybridized carbons (Fsp3) is 0.120. The van der Waals surface area contributed by atoms with Crippen LogP contribution < -0.4 is 16.0 Å². The van der Waals surface area contributed by atoms with Crippen molar-refractivity contribution in [2.45, 2.75) is 13.5 Å². The van der Waals surface area contributed by atoms with Gasteiger partial charge in [-0.25, -0.2) is 9.50 Å². The number of nitrogens with zero attached hydrogens (tertiary/aromatic N) is 3. The molecular formula is C25H24BrN7O. The van der Waals surface area contributed by atoms with Crippen LogP contribution in [0, 0.1) is 12.3 Å². The van der Waals surface area contributed by atoms with Crippen molar-refractivity contribution in [1.82, 2.24) is 25.2 Å². The molecule has 1 amide bonds. The summed E-state index contributed by atoms with van der Waals surface area (Å²) in [6, 6.07) is 17.4. The van der Waals surface area contributed by atoms with Crippen molar-refractivity contribution in [2.24, 2.45) is 0 Å². The third kappa shape index (κ3) is 5.49. The summed E-state index contributed by atoms with van der Waals surface area (Å²) in [5, 5.41) is 21.9. The Morgan fingerprint density at radius 1 is 1.18 bits per heavy atom. The molecule has 0 atom stereocenters. The van der Waals surface area contributed by atoms with E-state index in [1.54, 1.807) is 30.0 Å². The van der Waals surface area contributed by atoms with Crippen LogP contribution in [0.1, 0.15) is 27.2 Å². The van der Waals surface area contributed by atoms with Crippen LogP contribution in [0.5, 0.6) is 0 Å². The minimum Gasteiger partial charge on any atom is -0.366 e. The molecule has 172 valence electrons. The Kier molecular flexibility index (Phi) is 7.03. The van der Waals surface area contributed by atoms with Crippen LogP contribution in [0.4, 0.5) is 5.82 Å². The number of fused-ring (bicyclic) bond motifs is 1. The number of hydrogen-bond donors (Lipinski definition) is 4. The van der Waals surface area contributed by atoms with Crippen LogP contribution in [-0.4, -0.2) is 33.4 Å². The lowest BCUT2D eigenvalue weighted by atomic mass is 10.1. The van der Waals surface area contributed by atoms with Gasteiger partial charge in [0.1, 0.15) is 11.7 Å². The minimum absolute atomic E-state index is 0.213. The van der Waals surface area contributed by atoms with Crippen molar-refractivity contribution in [3.05, 3.63) is 99.9 Å². The van der Waals surface area contributed by atoms with E-state index in [2.05, 4.69) is 42.0 Å². The molecule has 0 saturated carbocycles. The zero-order valence-electron chi connectivity index (χ0n) is 18.8. The summed E-state index contributed by atoms with van der Waals surface area (Å²) in [6.07, 6.45) is 5.04. The quantitative estimate of drug-likeness (QED) is 0.215. The summed E-state index contributed by atoms with van der Waals surface area (Å²) in [6.45, 7) is 2.43. The monoisotopic (exact) mass is 517 g/mol. The number of amidine groups is 1. The number of rotatable bonds is 7. The number of pyridine rings is 2. The van der Waals surface area contributed by atoms with E-state index in [-0.39, 0.29) is 11.7 Å². The second-order valence-electron chi connectivity index (χ2n) is 7.63. The maximum Gasteiger partial charge on any atom is 0.254 e. The largest absolute Gasteiger partial charge is 0.366 e. The molecule has 0 aliphatic heterocycles. The van der Waals surface area contributed by atoms with Gasteiger partial charge in [0.15, 0.2) is 0 Å². The molecule has 4 aromatic rings. The number of aromatic nitrogens is 3. The van der Waals surface area contributed by atoms with Gasteiger partial charge in [0, 0.05) is 41.6 Å². The Balaban J connectivity index is 1.67. The third-order valence-electron chi connectivity index (χ3n) is 5.12. The molecule has 0 spiro atoms. The van der Waals surface area contributed by atoms with Crippen molar-refractivity contribution < 1.29 is 4.79 Å². The number of halogens is 1. The van der Waals surface area contributed by atoms with Gasteiger partial charge in [0.05, 0.1) is 23.0 Å². The van der Waals surface area contributed by atoms with Crippen LogP contribution in [0.2, 0.25) is 0 Å². The summed E-state index contributed by atoms with van der Waals surface area (Å²) < 4.78 is 2.63. The van der Waals surface area contributed by atoms with E-state index >= 15 is 0 Å². The van der Waals surface area contributed by atoms with Crippen molar-refractivity contribution in [1.29, 1.82) is 5.41 Å². The van der Waals surface area contributed by atoms with Crippen LogP contribution in [0.3, 0.4) is 0 Å². The van der Waals surface area contributed by atoms with Crippen LogP contribution in [0.15, 0.2) is 77.5 Å². The molecule has 4 rings (SSSR count). The first-order valence-electron chi connectivity index (χ1n) is 10.6. The number of carbonyl (C=O) groups excluding carboxylic acids is 1. The van der Waals surface area contributed by atoms with E-state index in [9.17, 15) is 4.79 Å². The fourth-order valence-electron chi connectivity index (χ4n) is 3.44. The number of carbonyl (C=O) groups is 1. The number of hydrogen-bond acceptors (Lipinski definition) is 5. The lowest BCUT2D eigenvalue weighted by Crippen LogP contribution is -2.21. The van der Waals surface area contributed by atoms with Gasteiger partial charge in [0.2, 0.25) is 0 Å². The second-order valence-corrected chi connectivity index (χ2v) is 8.54. The molecule has 1 aromatic carbocycles. The molecule has 0 saturated heterocycles. The first kappa shape index (κ1) is 23.2. The summed E-state index contributed by atoms with van der Waals surface area (Å²) in [7, 11) is 1.59. The molecule has 8 nitrogen and oxygen atoms in total. The fourth-order valence-corrected chi connectivity index (χ4v) is 3.89. The second kappa shape index (κ2) is 10.3. The molecule has 9 heteroatoms. The molecule has 3 heterocycles. The Hall–Kier alpha value is -3.98. The maximum absolute atomic E-state index is 12.3. The van der Waals surface area contributed by atoms with E-state index in [0.29, 0.717) is 29.1 Å². The Morgan fingerprint density at radius 3 is 2.76 bits per heavy atom. The summed E-state index contributed by atoms with van der Waals surface area (Å²) >= 11 is 3.47. The molecule has 0 fully saturated rings. The Morgan fingerprint density at radius 2 is 2.00 bits per heavy atom. The van der Waals surface area contributed by atoms with E-state index in [1.165, 1.54) is 0 Å². The predicted molar refractivity (Wildman–Crippen MR) is 138 cm³/mol. The highest BCUT2D eigenvalue weighted by Crippen LogP contribution is 2.21. The van der Waals surface area contributed by atoms with Gasteiger partial charge in [-0.2, -0.15) is 5.10 Å². The number of nitrogens with one attached hydrogen (secondary N) is 4. The molecule has 0 aliphatic rings. The first-order chi connectivity index (χ1) is 16.4. The normalized spacial score (nSPS) is 11.3. The lowest BCUT2D eigenvalue weighted by molar-refractivity contribution is 0.0964. The Labute approximate surface area is 205 Å². The van der Waals surface area contributed by atoms with Gasteiger partial charge in [0.25, 0.3) is 5.91 Å². The third-order valence-corrected chi connectivity index (χ3v) is 5.61. The van der Waals surface area contributed by atoms with E-state index < -0.39 is 0 Å². The number of anilines is 1. The molecule has 3 aromatic heterocycles. The highest BCUT2D eigenvalue weighted by molar-refractivity contribution is 9.10. The minimum atomic E-state index is -0.213. The molecule has 0 radical (unpaired) electrons. The van der Waals surface area contributed by atoms with Crippen molar-refractivity contribution >= 4 is 44.7 Å². The van der Waals surface area contributed by atoms with E-state index in [0.717, 1.165) is 21.3 Å². The van der Waals surface area contributed by atoms with E-state index in [1.807, 2.05) is 61.5 Å². The molecular weight excluding hydrogens is 494 g/mol.